The molecular formula is C14H21ClN4. The minimum absolute atomic E-state index is 0. The van der Waals surface area contributed by atoms with Gasteiger partial charge in [0.2, 0.25) is 0 Å². The van der Waals surface area contributed by atoms with E-state index in [-0.39, 0.29) is 12.4 Å². The molecule has 0 bridgehead atoms. The zero-order chi connectivity index (χ0) is 12.5. The summed E-state index contributed by atoms with van der Waals surface area (Å²) in [6.45, 7) is 7.74. The third kappa shape index (κ3) is 3.08. The van der Waals surface area contributed by atoms with Crippen LogP contribution in [0.1, 0.15) is 19.4 Å². The van der Waals surface area contributed by atoms with Crippen LogP contribution in [0.4, 0.5) is 0 Å². The van der Waals surface area contributed by atoms with Crippen molar-refractivity contribution in [2.24, 2.45) is 0 Å². The maximum Gasteiger partial charge on any atom is 0.0653 e. The Morgan fingerprint density at radius 3 is 3.05 bits per heavy atom. The molecule has 0 amide bonds. The molecule has 2 N–H and O–H groups in total. The summed E-state index contributed by atoms with van der Waals surface area (Å²) >= 11 is 0. The van der Waals surface area contributed by atoms with E-state index >= 15 is 0 Å². The average Bonchev–Trinajstić information content (AvgIpc) is 2.81. The monoisotopic (exact) mass is 280 g/mol. The maximum absolute atomic E-state index is 4.07. The number of halogens is 1. The van der Waals surface area contributed by atoms with Gasteiger partial charge in [0.05, 0.1) is 11.7 Å². The summed E-state index contributed by atoms with van der Waals surface area (Å²) in [7, 11) is 0. The number of aromatic amines is 1. The molecule has 2 atom stereocenters. The molecule has 1 aromatic heterocycles. The summed E-state index contributed by atoms with van der Waals surface area (Å²) in [6.07, 6.45) is 1.87. The number of benzene rings is 1. The lowest BCUT2D eigenvalue weighted by atomic mass is 10.1. The standard InChI is InChI=1S/C14H20N4.ClH/c1-10-8-18(11(2)6-15-10)9-12-3-4-13-7-16-17-14(13)5-12;/h3-5,7,10-11,15H,6,8-9H2,1-2H3,(H,16,17);1H. The molecule has 0 spiro atoms. The van der Waals surface area contributed by atoms with E-state index in [0.717, 1.165) is 25.2 Å². The Labute approximate surface area is 120 Å². The lowest BCUT2D eigenvalue weighted by Crippen LogP contribution is -2.53. The minimum atomic E-state index is 0. The van der Waals surface area contributed by atoms with Gasteiger partial charge in [0.25, 0.3) is 0 Å². The van der Waals surface area contributed by atoms with E-state index in [1.54, 1.807) is 0 Å². The molecule has 104 valence electrons. The molecule has 0 saturated carbocycles. The van der Waals surface area contributed by atoms with Crippen molar-refractivity contribution >= 4 is 23.3 Å². The molecule has 2 aromatic rings. The number of nitrogens with zero attached hydrogens (tertiary/aromatic N) is 2. The van der Waals surface area contributed by atoms with E-state index in [0.29, 0.717) is 12.1 Å². The van der Waals surface area contributed by atoms with E-state index in [2.05, 4.69) is 52.5 Å². The molecular weight excluding hydrogens is 260 g/mol. The van der Waals surface area contributed by atoms with Crippen LogP contribution < -0.4 is 5.32 Å². The van der Waals surface area contributed by atoms with E-state index < -0.39 is 0 Å². The van der Waals surface area contributed by atoms with E-state index in [9.17, 15) is 0 Å². The Kier molecular flexibility index (Phi) is 4.45. The van der Waals surface area contributed by atoms with Crippen LogP contribution in [0.3, 0.4) is 0 Å². The smallest absolute Gasteiger partial charge is 0.0653 e. The Bertz CT molecular complexity index is 539. The van der Waals surface area contributed by atoms with Gasteiger partial charge in [-0.3, -0.25) is 10.00 Å². The average molecular weight is 281 g/mol. The van der Waals surface area contributed by atoms with Crippen molar-refractivity contribution < 1.29 is 0 Å². The highest BCUT2D eigenvalue weighted by atomic mass is 35.5. The van der Waals surface area contributed by atoms with Crippen molar-refractivity contribution in [1.29, 1.82) is 0 Å². The number of H-pyrrole nitrogens is 1. The summed E-state index contributed by atoms with van der Waals surface area (Å²) < 4.78 is 0. The van der Waals surface area contributed by atoms with Gasteiger partial charge in [-0.15, -0.1) is 12.4 Å². The Morgan fingerprint density at radius 1 is 1.37 bits per heavy atom. The summed E-state index contributed by atoms with van der Waals surface area (Å²) in [5.74, 6) is 0. The van der Waals surface area contributed by atoms with Crippen molar-refractivity contribution in [3.8, 4) is 0 Å². The largest absolute Gasteiger partial charge is 0.311 e. The molecule has 19 heavy (non-hydrogen) atoms. The lowest BCUT2D eigenvalue weighted by Gasteiger charge is -2.37. The fraction of sp³-hybridized carbons (Fsp3) is 0.500. The van der Waals surface area contributed by atoms with E-state index in [1.165, 1.54) is 10.9 Å². The minimum Gasteiger partial charge on any atom is -0.311 e. The predicted octanol–water partition coefficient (Wildman–Crippen LogP) is 2.17. The number of rotatable bonds is 2. The van der Waals surface area contributed by atoms with E-state index in [1.807, 2.05) is 6.20 Å². The van der Waals surface area contributed by atoms with Crippen LogP contribution in [0.2, 0.25) is 0 Å². The molecule has 3 rings (SSSR count). The Balaban J connectivity index is 0.00000133. The van der Waals surface area contributed by atoms with Crippen LogP contribution in [-0.4, -0.2) is 40.3 Å². The molecule has 1 aliphatic heterocycles. The van der Waals surface area contributed by atoms with Gasteiger partial charge in [0, 0.05) is 37.1 Å². The fourth-order valence-electron chi connectivity index (χ4n) is 2.63. The third-order valence-electron chi connectivity index (χ3n) is 3.79. The zero-order valence-corrected chi connectivity index (χ0v) is 12.2. The summed E-state index contributed by atoms with van der Waals surface area (Å²) in [5.41, 5.74) is 2.48. The van der Waals surface area contributed by atoms with Crippen LogP contribution in [0.5, 0.6) is 0 Å². The van der Waals surface area contributed by atoms with Gasteiger partial charge in [0.15, 0.2) is 0 Å². The maximum atomic E-state index is 4.07. The van der Waals surface area contributed by atoms with Gasteiger partial charge < -0.3 is 5.32 Å². The molecule has 2 heterocycles. The van der Waals surface area contributed by atoms with Crippen molar-refractivity contribution in [2.45, 2.75) is 32.5 Å². The first-order valence-electron chi connectivity index (χ1n) is 6.62. The molecule has 1 aliphatic rings. The molecule has 5 heteroatoms. The number of hydrogen-bond donors (Lipinski definition) is 2. The summed E-state index contributed by atoms with van der Waals surface area (Å²) in [5, 5.41) is 11.8. The van der Waals surface area contributed by atoms with Gasteiger partial charge >= 0.3 is 0 Å². The summed E-state index contributed by atoms with van der Waals surface area (Å²) in [4.78, 5) is 2.54. The van der Waals surface area contributed by atoms with Crippen LogP contribution in [0, 0.1) is 0 Å². The number of piperazine rings is 1. The molecule has 4 nitrogen and oxygen atoms in total. The predicted molar refractivity (Wildman–Crippen MR) is 80.7 cm³/mol. The number of nitrogens with one attached hydrogen (secondary N) is 2. The highest BCUT2D eigenvalue weighted by Gasteiger charge is 2.22. The van der Waals surface area contributed by atoms with Crippen molar-refractivity contribution in [1.82, 2.24) is 20.4 Å². The van der Waals surface area contributed by atoms with Crippen LogP contribution in [0.25, 0.3) is 10.9 Å². The molecule has 2 unspecified atom stereocenters. The fourth-order valence-corrected chi connectivity index (χ4v) is 2.63. The molecule has 1 fully saturated rings. The van der Waals surface area contributed by atoms with Gasteiger partial charge in [-0.05, 0) is 25.5 Å². The summed E-state index contributed by atoms with van der Waals surface area (Å²) in [6, 6.07) is 7.74. The highest BCUT2D eigenvalue weighted by molar-refractivity contribution is 5.85. The second-order valence-corrected chi connectivity index (χ2v) is 5.38. The normalized spacial score (nSPS) is 24.3. The van der Waals surface area contributed by atoms with Crippen molar-refractivity contribution in [3.63, 3.8) is 0 Å². The molecule has 1 saturated heterocycles. The first-order valence-corrected chi connectivity index (χ1v) is 6.62. The van der Waals surface area contributed by atoms with Gasteiger partial charge in [-0.1, -0.05) is 12.1 Å². The topological polar surface area (TPSA) is 44.0 Å². The second-order valence-electron chi connectivity index (χ2n) is 5.38. The van der Waals surface area contributed by atoms with Crippen LogP contribution in [0.15, 0.2) is 24.4 Å². The van der Waals surface area contributed by atoms with Gasteiger partial charge in [-0.25, -0.2) is 0 Å². The van der Waals surface area contributed by atoms with Gasteiger partial charge in [0.1, 0.15) is 0 Å². The van der Waals surface area contributed by atoms with Crippen LogP contribution >= 0.6 is 12.4 Å². The van der Waals surface area contributed by atoms with Gasteiger partial charge in [-0.2, -0.15) is 5.10 Å². The van der Waals surface area contributed by atoms with Crippen LogP contribution in [-0.2, 0) is 6.54 Å². The Hall–Kier alpha value is -1.10. The quantitative estimate of drug-likeness (QED) is 0.886. The van der Waals surface area contributed by atoms with E-state index in [4.69, 9.17) is 0 Å². The molecule has 0 aliphatic carbocycles. The number of fused-ring (bicyclic) bond motifs is 1. The highest BCUT2D eigenvalue weighted by Crippen LogP contribution is 2.16. The number of aromatic nitrogens is 2. The first-order chi connectivity index (χ1) is 8.72. The lowest BCUT2D eigenvalue weighted by molar-refractivity contribution is 0.139. The number of hydrogen-bond acceptors (Lipinski definition) is 3. The van der Waals surface area contributed by atoms with Crippen molar-refractivity contribution in [3.05, 3.63) is 30.0 Å². The molecule has 1 aromatic carbocycles. The third-order valence-corrected chi connectivity index (χ3v) is 3.79. The second kappa shape index (κ2) is 5.90. The Morgan fingerprint density at radius 2 is 2.21 bits per heavy atom. The zero-order valence-electron chi connectivity index (χ0n) is 11.4. The molecule has 0 radical (unpaired) electrons. The van der Waals surface area contributed by atoms with Crippen molar-refractivity contribution in [2.75, 3.05) is 13.1 Å². The SMILES string of the molecule is CC1CN(Cc2ccc3cn[nH]c3c2)C(C)CN1.Cl. The first kappa shape index (κ1) is 14.3.